The van der Waals surface area contributed by atoms with Gasteiger partial charge in [0.1, 0.15) is 11.6 Å². The number of methoxy groups -OCH3 is 1. The number of rotatable bonds is 6. The van der Waals surface area contributed by atoms with E-state index in [4.69, 9.17) is 14.7 Å². The van der Waals surface area contributed by atoms with Crippen LogP contribution in [0, 0.1) is 5.92 Å². The van der Waals surface area contributed by atoms with Crippen molar-refractivity contribution in [2.24, 2.45) is 5.92 Å². The molecule has 0 radical (unpaired) electrons. The van der Waals surface area contributed by atoms with Gasteiger partial charge in [0, 0.05) is 25.6 Å². The number of nitrogens with one attached hydrogen (secondary N) is 1. The Morgan fingerprint density at radius 3 is 2.85 bits per heavy atom. The molecule has 0 spiro atoms. The summed E-state index contributed by atoms with van der Waals surface area (Å²) in [5, 5.41) is 3.30. The Bertz CT molecular complexity index is 398. The molecule has 1 aliphatic rings. The van der Waals surface area contributed by atoms with Gasteiger partial charge in [0.05, 0.1) is 12.3 Å². The van der Waals surface area contributed by atoms with Crippen LogP contribution in [0.4, 0.5) is 5.82 Å². The normalized spacial score (nSPS) is 22.8. The fraction of sp³-hybridized carbons (Fsp3) is 0.750. The fourth-order valence-electron chi connectivity index (χ4n) is 3.09. The van der Waals surface area contributed by atoms with E-state index in [2.05, 4.69) is 19.2 Å². The maximum absolute atomic E-state index is 5.23. The molecule has 0 bridgehead atoms. The first kappa shape index (κ1) is 15.2. The highest BCUT2D eigenvalue weighted by molar-refractivity contribution is 5.36. The maximum Gasteiger partial charge on any atom is 0.134 e. The third-order valence-electron chi connectivity index (χ3n) is 4.17. The molecule has 2 atom stereocenters. The van der Waals surface area contributed by atoms with Crippen LogP contribution in [-0.4, -0.2) is 23.6 Å². The molecule has 0 amide bonds. The summed E-state index contributed by atoms with van der Waals surface area (Å²) in [6.45, 7) is 5.81. The van der Waals surface area contributed by atoms with Gasteiger partial charge in [0.15, 0.2) is 0 Å². The Balaban J connectivity index is 2.19. The molecule has 4 heteroatoms. The highest BCUT2D eigenvalue weighted by Crippen LogP contribution is 2.36. The van der Waals surface area contributed by atoms with Crippen LogP contribution in [0.25, 0.3) is 0 Å². The van der Waals surface area contributed by atoms with Gasteiger partial charge in [-0.2, -0.15) is 0 Å². The number of hydrogen-bond acceptors (Lipinski definition) is 4. The van der Waals surface area contributed by atoms with Gasteiger partial charge in [-0.1, -0.05) is 26.2 Å². The van der Waals surface area contributed by atoms with Crippen molar-refractivity contribution >= 4 is 5.82 Å². The SMILES string of the molecule is CCNc1cc(COC)nc(C2CCCC(CC)C2)n1. The van der Waals surface area contributed by atoms with Crippen molar-refractivity contribution in [1.29, 1.82) is 0 Å². The second-order valence-electron chi connectivity index (χ2n) is 5.70. The molecule has 0 aromatic carbocycles. The number of hydrogen-bond donors (Lipinski definition) is 1. The summed E-state index contributed by atoms with van der Waals surface area (Å²) in [5.41, 5.74) is 0.979. The van der Waals surface area contributed by atoms with Gasteiger partial charge in [-0.15, -0.1) is 0 Å². The van der Waals surface area contributed by atoms with E-state index in [0.29, 0.717) is 12.5 Å². The second-order valence-corrected chi connectivity index (χ2v) is 5.70. The summed E-state index contributed by atoms with van der Waals surface area (Å²) < 4.78 is 5.23. The van der Waals surface area contributed by atoms with E-state index >= 15 is 0 Å². The summed E-state index contributed by atoms with van der Waals surface area (Å²) in [5.74, 6) is 3.30. The van der Waals surface area contributed by atoms with Crippen molar-refractivity contribution in [2.75, 3.05) is 19.0 Å². The van der Waals surface area contributed by atoms with E-state index in [1.54, 1.807) is 7.11 Å². The van der Waals surface area contributed by atoms with Gasteiger partial charge in [-0.05, 0) is 25.7 Å². The minimum absolute atomic E-state index is 0.517. The summed E-state index contributed by atoms with van der Waals surface area (Å²) >= 11 is 0. The van der Waals surface area contributed by atoms with Crippen LogP contribution >= 0.6 is 0 Å². The third-order valence-corrected chi connectivity index (χ3v) is 4.17. The average Bonchev–Trinajstić information content (AvgIpc) is 2.48. The van der Waals surface area contributed by atoms with Gasteiger partial charge < -0.3 is 10.1 Å². The lowest BCUT2D eigenvalue weighted by atomic mass is 9.80. The van der Waals surface area contributed by atoms with Crippen molar-refractivity contribution < 1.29 is 4.74 Å². The van der Waals surface area contributed by atoms with Crippen LogP contribution in [-0.2, 0) is 11.3 Å². The molecule has 0 aliphatic heterocycles. The van der Waals surface area contributed by atoms with E-state index in [9.17, 15) is 0 Å². The van der Waals surface area contributed by atoms with Crippen LogP contribution < -0.4 is 5.32 Å². The van der Waals surface area contributed by atoms with E-state index < -0.39 is 0 Å². The van der Waals surface area contributed by atoms with Crippen LogP contribution in [0.15, 0.2) is 6.07 Å². The molecular formula is C16H27N3O. The molecule has 1 fully saturated rings. The first-order valence-corrected chi connectivity index (χ1v) is 7.87. The zero-order valence-electron chi connectivity index (χ0n) is 13.0. The Kier molecular flexibility index (Phi) is 5.77. The van der Waals surface area contributed by atoms with Gasteiger partial charge in [0.2, 0.25) is 0 Å². The van der Waals surface area contributed by atoms with Crippen LogP contribution in [0.3, 0.4) is 0 Å². The summed E-state index contributed by atoms with van der Waals surface area (Å²) in [7, 11) is 1.71. The molecule has 20 heavy (non-hydrogen) atoms. The molecule has 0 saturated heterocycles. The number of aromatic nitrogens is 2. The zero-order valence-corrected chi connectivity index (χ0v) is 13.0. The number of nitrogens with zero attached hydrogens (tertiary/aromatic N) is 2. The van der Waals surface area contributed by atoms with Crippen LogP contribution in [0.2, 0.25) is 0 Å². The molecule has 112 valence electrons. The van der Waals surface area contributed by atoms with Crippen molar-refractivity contribution in [3.63, 3.8) is 0 Å². The Labute approximate surface area is 122 Å². The van der Waals surface area contributed by atoms with Gasteiger partial charge in [0.25, 0.3) is 0 Å². The van der Waals surface area contributed by atoms with Gasteiger partial charge in [-0.3, -0.25) is 0 Å². The second kappa shape index (κ2) is 7.58. The standard InChI is InChI=1S/C16H27N3O/c1-4-12-7-6-8-13(9-12)16-18-14(11-20-3)10-15(19-16)17-5-2/h10,12-13H,4-9,11H2,1-3H3,(H,17,18,19). The van der Waals surface area contributed by atoms with Crippen LogP contribution in [0.5, 0.6) is 0 Å². The van der Waals surface area contributed by atoms with E-state index in [-0.39, 0.29) is 0 Å². The summed E-state index contributed by atoms with van der Waals surface area (Å²) in [4.78, 5) is 9.44. The lowest BCUT2D eigenvalue weighted by molar-refractivity contribution is 0.181. The summed E-state index contributed by atoms with van der Waals surface area (Å²) in [6.07, 6.45) is 6.40. The molecule has 2 unspecified atom stereocenters. The third kappa shape index (κ3) is 3.92. The molecule has 1 saturated carbocycles. The van der Waals surface area contributed by atoms with Gasteiger partial charge in [-0.25, -0.2) is 9.97 Å². The minimum Gasteiger partial charge on any atom is -0.378 e. The molecule has 4 nitrogen and oxygen atoms in total. The number of ether oxygens (including phenoxy) is 1. The first-order valence-electron chi connectivity index (χ1n) is 7.87. The molecule has 1 aromatic heterocycles. The quantitative estimate of drug-likeness (QED) is 0.860. The van der Waals surface area contributed by atoms with E-state index in [1.807, 2.05) is 6.07 Å². The lowest BCUT2D eigenvalue weighted by Crippen LogP contribution is -2.17. The zero-order chi connectivity index (χ0) is 14.4. The van der Waals surface area contributed by atoms with Crippen molar-refractivity contribution in [1.82, 2.24) is 9.97 Å². The molecule has 1 aliphatic carbocycles. The fourth-order valence-corrected chi connectivity index (χ4v) is 3.09. The smallest absolute Gasteiger partial charge is 0.134 e. The monoisotopic (exact) mass is 277 g/mol. The van der Waals surface area contributed by atoms with E-state index in [0.717, 1.165) is 29.8 Å². The molecular weight excluding hydrogens is 250 g/mol. The predicted molar refractivity (Wildman–Crippen MR) is 81.9 cm³/mol. The van der Waals surface area contributed by atoms with E-state index in [1.165, 1.54) is 32.1 Å². The topological polar surface area (TPSA) is 47.0 Å². The molecule has 1 heterocycles. The summed E-state index contributed by atoms with van der Waals surface area (Å²) in [6, 6.07) is 2.00. The lowest BCUT2D eigenvalue weighted by Gasteiger charge is -2.27. The Morgan fingerprint density at radius 2 is 2.15 bits per heavy atom. The first-order chi connectivity index (χ1) is 9.76. The maximum atomic E-state index is 5.23. The molecule has 1 aromatic rings. The predicted octanol–water partition coefficient (Wildman–Crippen LogP) is 3.74. The van der Waals surface area contributed by atoms with Crippen molar-refractivity contribution in [3.05, 3.63) is 17.6 Å². The van der Waals surface area contributed by atoms with Crippen molar-refractivity contribution in [2.45, 2.75) is 58.5 Å². The highest BCUT2D eigenvalue weighted by Gasteiger charge is 2.24. The average molecular weight is 277 g/mol. The molecule has 1 N–H and O–H groups in total. The Morgan fingerprint density at radius 1 is 1.30 bits per heavy atom. The minimum atomic E-state index is 0.517. The van der Waals surface area contributed by atoms with Crippen molar-refractivity contribution in [3.8, 4) is 0 Å². The highest BCUT2D eigenvalue weighted by atomic mass is 16.5. The molecule has 2 rings (SSSR count). The number of anilines is 1. The van der Waals surface area contributed by atoms with Gasteiger partial charge >= 0.3 is 0 Å². The Hall–Kier alpha value is -1.16. The largest absolute Gasteiger partial charge is 0.378 e. The van der Waals surface area contributed by atoms with Crippen LogP contribution in [0.1, 0.15) is 63.4 Å².